The maximum atomic E-state index is 14.5. The number of hydrogen-bond donors (Lipinski definition) is 0. The van der Waals surface area contributed by atoms with Gasteiger partial charge in [0, 0.05) is 29.7 Å². The van der Waals surface area contributed by atoms with Crippen molar-refractivity contribution in [2.24, 2.45) is 0 Å². The Kier molecular flexibility index (Phi) is 9.42. The number of halogens is 6. The Morgan fingerprint density at radius 1 is 0.480 bits per heavy atom. The molecule has 0 fully saturated rings. The third kappa shape index (κ3) is 6.68. The molecule has 0 radical (unpaired) electrons. The van der Waals surface area contributed by atoms with Gasteiger partial charge in [-0.3, -0.25) is 14.9 Å². The van der Waals surface area contributed by atoms with Crippen LogP contribution >= 0.6 is 0 Å². The van der Waals surface area contributed by atoms with Crippen molar-refractivity contribution in [3.8, 4) is 34.2 Å². The molecule has 0 spiro atoms. The molecule has 0 N–H and O–H groups in total. The van der Waals surface area contributed by atoms with Crippen LogP contribution in [0.4, 0.5) is 43.7 Å². The number of aromatic nitrogens is 6. The number of nitrogens with zero attached hydrogens (tertiary/aromatic N) is 7. The molecule has 14 heteroatoms. The second-order valence-electron chi connectivity index (χ2n) is 10.6. The zero-order chi connectivity index (χ0) is 34.2. The normalized spacial score (nSPS) is 11.6. The molecule has 50 heavy (non-hydrogen) atoms. The summed E-state index contributed by atoms with van der Waals surface area (Å²) in [5.74, 6) is -0.0428. The van der Waals surface area contributed by atoms with Gasteiger partial charge in [-0.15, -0.1) is 0 Å². The predicted molar refractivity (Wildman–Crippen MR) is 170 cm³/mol. The number of para-hydroxylation sites is 1. The first-order chi connectivity index (χ1) is 23.6. The zero-order valence-corrected chi connectivity index (χ0v) is 26.9. The van der Waals surface area contributed by atoms with E-state index < -0.39 is 23.7 Å². The summed E-state index contributed by atoms with van der Waals surface area (Å²) in [4.78, 5) is 18.5. The maximum Gasteiger partial charge on any atom is 2.00 e. The summed E-state index contributed by atoms with van der Waals surface area (Å²) in [5, 5.41) is 0. The summed E-state index contributed by atoms with van der Waals surface area (Å²) < 4.78 is 88.6. The van der Waals surface area contributed by atoms with Crippen molar-refractivity contribution >= 4 is 17.3 Å². The van der Waals surface area contributed by atoms with Crippen molar-refractivity contribution in [1.82, 2.24) is 29.1 Å². The van der Waals surface area contributed by atoms with Crippen LogP contribution in [-0.4, -0.2) is 29.1 Å². The Morgan fingerprint density at radius 3 is 1.24 bits per heavy atom. The molecule has 252 valence electrons. The molecule has 7 aromatic rings. The molecule has 7 rings (SSSR count). The van der Waals surface area contributed by atoms with Crippen molar-refractivity contribution in [2.45, 2.75) is 12.4 Å². The van der Waals surface area contributed by atoms with E-state index in [2.05, 4.69) is 32.6 Å². The molecule has 4 aromatic heterocycles. The van der Waals surface area contributed by atoms with Gasteiger partial charge >= 0.3 is 32.8 Å². The van der Waals surface area contributed by atoms with Crippen LogP contribution in [0, 0.1) is 12.7 Å². The average Bonchev–Trinajstić information content (AvgIpc) is 3.77. The van der Waals surface area contributed by atoms with E-state index in [1.165, 1.54) is 53.4 Å². The Balaban J connectivity index is 0.00000432. The molecule has 0 aliphatic heterocycles. The molecule has 3 aromatic carbocycles. The van der Waals surface area contributed by atoms with Crippen LogP contribution in [0.2, 0.25) is 0 Å². The van der Waals surface area contributed by atoms with E-state index in [9.17, 15) is 26.3 Å². The second-order valence-corrected chi connectivity index (χ2v) is 10.6. The fourth-order valence-corrected chi connectivity index (χ4v) is 5.35. The van der Waals surface area contributed by atoms with E-state index in [1.807, 2.05) is 0 Å². The molecule has 4 heterocycles. The molecule has 0 bridgehead atoms. The average molecular weight is 772 g/mol. The van der Waals surface area contributed by atoms with Crippen LogP contribution in [0.25, 0.3) is 34.2 Å². The number of rotatable bonds is 7. The molecule has 0 saturated heterocycles. The van der Waals surface area contributed by atoms with Crippen molar-refractivity contribution in [3.05, 3.63) is 151 Å². The first-order valence-electron chi connectivity index (χ1n) is 14.7. The first kappa shape index (κ1) is 34.3. The standard InChI is InChI=1S/C36H21F6N7.Pd/c37-35(38,39)33-31(24-12-4-1-5-13-24)43-22-47(33)27-18-10-20-29(45-27)49(26-16-8-3-9-17-26)30-21-11-19-28(46-30)48-23-44-32(34(48)36(40,41)42)25-14-6-2-7-15-25;/h1-21H;/q-2;+2. The molecule has 0 aliphatic rings. The summed E-state index contributed by atoms with van der Waals surface area (Å²) in [7, 11) is 0. The molecular weight excluding hydrogens is 751 g/mol. The number of pyridine rings is 2. The fourth-order valence-electron chi connectivity index (χ4n) is 5.35. The number of benzene rings is 3. The Morgan fingerprint density at radius 2 is 0.860 bits per heavy atom. The van der Waals surface area contributed by atoms with Crippen LogP contribution in [0.5, 0.6) is 0 Å². The van der Waals surface area contributed by atoms with Crippen LogP contribution < -0.4 is 4.90 Å². The number of alkyl halides is 6. The summed E-state index contributed by atoms with van der Waals surface area (Å²) >= 11 is 0. The molecule has 0 amide bonds. The maximum absolute atomic E-state index is 14.5. The van der Waals surface area contributed by atoms with Crippen LogP contribution in [-0.2, 0) is 32.8 Å². The minimum Gasteiger partial charge on any atom is -0.407 e. The Labute approximate surface area is 295 Å². The summed E-state index contributed by atoms with van der Waals surface area (Å²) in [6, 6.07) is 33.3. The van der Waals surface area contributed by atoms with Gasteiger partial charge in [0.2, 0.25) is 0 Å². The molecule has 0 aliphatic carbocycles. The largest absolute Gasteiger partial charge is 2.00 e. The van der Waals surface area contributed by atoms with Crippen LogP contribution in [0.1, 0.15) is 11.4 Å². The van der Waals surface area contributed by atoms with Gasteiger partial charge in [-0.25, -0.2) is 0 Å². The van der Waals surface area contributed by atoms with Gasteiger partial charge in [-0.1, -0.05) is 103 Å². The quantitative estimate of drug-likeness (QED) is 0.0919. The van der Waals surface area contributed by atoms with Crippen LogP contribution in [0.15, 0.2) is 127 Å². The molecule has 7 nitrogen and oxygen atoms in total. The van der Waals surface area contributed by atoms with Crippen molar-refractivity contribution in [2.75, 3.05) is 4.90 Å². The Bertz CT molecular complexity index is 2080. The topological polar surface area (TPSA) is 64.7 Å². The fraction of sp³-hybridized carbons (Fsp3) is 0.0556. The monoisotopic (exact) mass is 771 g/mol. The van der Waals surface area contributed by atoms with Gasteiger partial charge < -0.3 is 19.1 Å². The predicted octanol–water partition coefficient (Wildman–Crippen LogP) is 9.29. The molecule has 0 atom stereocenters. The van der Waals surface area contributed by atoms with Gasteiger partial charge in [-0.05, 0) is 46.8 Å². The van der Waals surface area contributed by atoms with Crippen molar-refractivity contribution in [3.63, 3.8) is 0 Å². The molecule has 0 saturated carbocycles. The van der Waals surface area contributed by atoms with Crippen LogP contribution in [0.3, 0.4) is 0 Å². The SMILES string of the molecule is FC(F)(F)c1c(-c2ccccc2)n[c-]n1-c1cccc(N(c2ccccc2)c2cccc(-n3[c-]nc(-c4ccccc4)c3C(F)(F)F)n2)n1.[Pd+2]. The minimum absolute atomic E-state index is 0. The summed E-state index contributed by atoms with van der Waals surface area (Å²) in [5.41, 5.74) is -1.79. The van der Waals surface area contributed by atoms with Gasteiger partial charge in [0.1, 0.15) is 11.6 Å². The molecular formula is C36H21F6N7Pd. The minimum atomic E-state index is -4.82. The van der Waals surface area contributed by atoms with E-state index in [0.29, 0.717) is 5.69 Å². The van der Waals surface area contributed by atoms with Gasteiger partial charge in [0.25, 0.3) is 0 Å². The number of imidazole rings is 2. The van der Waals surface area contributed by atoms with E-state index in [-0.39, 0.29) is 66.2 Å². The van der Waals surface area contributed by atoms with E-state index in [1.54, 1.807) is 78.9 Å². The Hall–Kier alpha value is -5.58. The van der Waals surface area contributed by atoms with E-state index in [4.69, 9.17) is 0 Å². The third-order valence-corrected chi connectivity index (χ3v) is 7.42. The van der Waals surface area contributed by atoms with Gasteiger partial charge in [0.05, 0.1) is 11.6 Å². The number of hydrogen-bond acceptors (Lipinski definition) is 5. The van der Waals surface area contributed by atoms with Crippen molar-refractivity contribution in [1.29, 1.82) is 0 Å². The smallest absolute Gasteiger partial charge is 0.407 e. The number of anilines is 3. The third-order valence-electron chi connectivity index (χ3n) is 7.42. The van der Waals surface area contributed by atoms with Crippen molar-refractivity contribution < 1.29 is 46.8 Å². The van der Waals surface area contributed by atoms with Gasteiger partial charge in [-0.2, -0.15) is 26.3 Å². The van der Waals surface area contributed by atoms with E-state index in [0.717, 1.165) is 9.13 Å². The molecule has 0 unspecified atom stereocenters. The zero-order valence-electron chi connectivity index (χ0n) is 25.3. The van der Waals surface area contributed by atoms with E-state index >= 15 is 0 Å². The van der Waals surface area contributed by atoms with Gasteiger partial charge in [0.15, 0.2) is 0 Å². The summed E-state index contributed by atoms with van der Waals surface area (Å²) in [6.45, 7) is 0. The first-order valence-corrected chi connectivity index (χ1v) is 14.7. The second kappa shape index (κ2) is 13.7. The summed E-state index contributed by atoms with van der Waals surface area (Å²) in [6.07, 6.45) is -4.76.